The molecule has 0 saturated heterocycles. The molecule has 0 aromatic rings. The van der Waals surface area contributed by atoms with Gasteiger partial charge in [0.05, 0.1) is 0 Å². The summed E-state index contributed by atoms with van der Waals surface area (Å²) in [4.78, 5) is 0. The Balaban J connectivity index is 0. The van der Waals surface area contributed by atoms with Crippen molar-refractivity contribution in [2.45, 2.75) is 53.2 Å². The van der Waals surface area contributed by atoms with Crippen LogP contribution in [0.5, 0.6) is 0 Å². The van der Waals surface area contributed by atoms with Gasteiger partial charge >= 0.3 is 0 Å². The predicted molar refractivity (Wildman–Crippen MR) is 58.4 cm³/mol. The first kappa shape index (κ1) is 13.9. The molecule has 0 aromatic carbocycles. The zero-order valence-corrected chi connectivity index (χ0v) is 8.50. The fourth-order valence-electron chi connectivity index (χ4n) is 0.811. The molecular weight excluding hydrogens is 152 g/mol. The fraction of sp³-hybridized carbons (Fsp3) is 1.00. The van der Waals surface area contributed by atoms with E-state index < -0.39 is 0 Å². The first-order chi connectivity index (χ1) is 4.63. The van der Waals surface area contributed by atoms with Crippen molar-refractivity contribution in [3.8, 4) is 0 Å². The molecular formula is C10H24S. The molecule has 70 valence electrons. The quantitative estimate of drug-likeness (QED) is 0.566. The van der Waals surface area contributed by atoms with E-state index in [-0.39, 0.29) is 7.43 Å². The molecule has 0 aromatic heterocycles. The van der Waals surface area contributed by atoms with Crippen molar-refractivity contribution in [1.82, 2.24) is 0 Å². The maximum absolute atomic E-state index is 2.29. The Morgan fingerprint density at radius 3 is 2.00 bits per heavy atom. The Hall–Kier alpha value is 0.350. The minimum Gasteiger partial charge on any atom is -0.159 e. The van der Waals surface area contributed by atoms with Crippen molar-refractivity contribution in [2.24, 2.45) is 5.92 Å². The van der Waals surface area contributed by atoms with Crippen LogP contribution in [-0.2, 0) is 0 Å². The van der Waals surface area contributed by atoms with E-state index in [4.69, 9.17) is 0 Å². The lowest BCUT2D eigenvalue weighted by molar-refractivity contribution is 0.579. The molecule has 1 heteroatoms. The maximum atomic E-state index is 2.29. The molecule has 0 atom stereocenters. The molecule has 0 fully saturated rings. The molecule has 0 aliphatic carbocycles. The van der Waals surface area contributed by atoms with Crippen LogP contribution in [0, 0.1) is 5.92 Å². The van der Waals surface area contributed by atoms with Gasteiger partial charge in [-0.3, -0.25) is 0 Å². The summed E-state index contributed by atoms with van der Waals surface area (Å²) < 4.78 is 0. The Labute approximate surface area is 77.2 Å². The second-order valence-electron chi connectivity index (χ2n) is 3.46. The summed E-state index contributed by atoms with van der Waals surface area (Å²) in [5.41, 5.74) is 0. The van der Waals surface area contributed by atoms with Gasteiger partial charge in [0.2, 0.25) is 0 Å². The molecule has 0 amide bonds. The van der Waals surface area contributed by atoms with Crippen LogP contribution in [0.15, 0.2) is 0 Å². The normalized spacial score (nSPS) is 10.4. The third kappa shape index (κ3) is 13.4. The highest BCUT2D eigenvalue weighted by Crippen LogP contribution is 2.13. The van der Waals surface area contributed by atoms with Crippen molar-refractivity contribution >= 4 is 11.8 Å². The first-order valence-corrected chi connectivity index (χ1v) is 5.29. The molecule has 0 radical (unpaired) electrons. The third-order valence-electron chi connectivity index (χ3n) is 1.38. The molecule has 0 heterocycles. The highest BCUT2D eigenvalue weighted by atomic mass is 32.2. The van der Waals surface area contributed by atoms with Gasteiger partial charge in [-0.1, -0.05) is 41.5 Å². The highest BCUT2D eigenvalue weighted by Gasteiger charge is 1.95. The minimum atomic E-state index is 0. The molecule has 0 N–H and O–H groups in total. The van der Waals surface area contributed by atoms with Crippen LogP contribution in [0.3, 0.4) is 0 Å². The van der Waals surface area contributed by atoms with Crippen molar-refractivity contribution < 1.29 is 0 Å². The van der Waals surface area contributed by atoms with Gasteiger partial charge in [0.15, 0.2) is 0 Å². The average molecular weight is 176 g/mol. The molecule has 11 heavy (non-hydrogen) atoms. The second-order valence-corrected chi connectivity index (χ2v) is 5.14. The van der Waals surface area contributed by atoms with Crippen molar-refractivity contribution in [2.75, 3.05) is 5.75 Å². The minimum absolute atomic E-state index is 0. The summed E-state index contributed by atoms with van der Waals surface area (Å²) in [6.07, 6.45) is 2.78. The number of thioether (sulfide) groups is 1. The van der Waals surface area contributed by atoms with Gasteiger partial charge in [-0.05, 0) is 23.3 Å². The topological polar surface area (TPSA) is 0 Å². The molecule has 0 rings (SSSR count). The Bertz CT molecular complexity index is 57.3. The summed E-state index contributed by atoms with van der Waals surface area (Å²) in [6, 6.07) is 0. The fourth-order valence-corrected chi connectivity index (χ4v) is 1.62. The van der Waals surface area contributed by atoms with Gasteiger partial charge in [-0.15, -0.1) is 0 Å². The van der Waals surface area contributed by atoms with Gasteiger partial charge in [0, 0.05) is 0 Å². The summed E-state index contributed by atoms with van der Waals surface area (Å²) in [7, 11) is 0. The zero-order valence-electron chi connectivity index (χ0n) is 7.68. The van der Waals surface area contributed by atoms with Gasteiger partial charge in [0.1, 0.15) is 0 Å². The number of rotatable bonds is 5. The smallest absolute Gasteiger partial charge is 0.000968 e. The highest BCUT2D eigenvalue weighted by molar-refractivity contribution is 7.99. The van der Waals surface area contributed by atoms with Crippen LogP contribution in [0.4, 0.5) is 0 Å². The zero-order chi connectivity index (χ0) is 7.98. The van der Waals surface area contributed by atoms with E-state index in [1.165, 1.54) is 18.6 Å². The Morgan fingerprint density at radius 1 is 1.09 bits per heavy atom. The summed E-state index contributed by atoms with van der Waals surface area (Å²) in [5, 5.41) is 0.812. The molecule has 0 aliphatic rings. The lowest BCUT2D eigenvalue weighted by atomic mass is 10.1. The van der Waals surface area contributed by atoms with E-state index in [1.807, 2.05) is 0 Å². The van der Waals surface area contributed by atoms with Crippen molar-refractivity contribution in [1.29, 1.82) is 0 Å². The van der Waals surface area contributed by atoms with Crippen LogP contribution in [0.2, 0.25) is 0 Å². The van der Waals surface area contributed by atoms with Gasteiger partial charge < -0.3 is 0 Å². The van der Waals surface area contributed by atoms with Gasteiger partial charge in [-0.2, -0.15) is 11.8 Å². The first-order valence-electron chi connectivity index (χ1n) is 4.24. The Kier molecular flexibility index (Phi) is 10.7. The maximum Gasteiger partial charge on any atom is -0.000968 e. The molecule has 0 spiro atoms. The lowest BCUT2D eigenvalue weighted by Crippen LogP contribution is -1.92. The van der Waals surface area contributed by atoms with Crippen molar-refractivity contribution in [3.63, 3.8) is 0 Å². The molecule has 0 saturated carbocycles. The van der Waals surface area contributed by atoms with Crippen molar-refractivity contribution in [3.05, 3.63) is 0 Å². The van der Waals surface area contributed by atoms with E-state index in [9.17, 15) is 0 Å². The third-order valence-corrected chi connectivity index (χ3v) is 2.57. The summed E-state index contributed by atoms with van der Waals surface area (Å²) in [6.45, 7) is 9.11. The largest absolute Gasteiger partial charge is 0.159 e. The van der Waals surface area contributed by atoms with Crippen LogP contribution in [-0.4, -0.2) is 11.0 Å². The summed E-state index contributed by atoms with van der Waals surface area (Å²) in [5.74, 6) is 2.23. The SMILES string of the molecule is C.CC(C)CCCSC(C)C. The average Bonchev–Trinajstić information content (AvgIpc) is 1.79. The molecule has 0 bridgehead atoms. The molecule has 0 aliphatic heterocycles. The second kappa shape index (κ2) is 8.45. The van der Waals surface area contributed by atoms with Crippen LogP contribution in [0.1, 0.15) is 48.0 Å². The van der Waals surface area contributed by atoms with Gasteiger partial charge in [-0.25, -0.2) is 0 Å². The lowest BCUT2D eigenvalue weighted by Gasteiger charge is -2.05. The number of hydrogen-bond donors (Lipinski definition) is 0. The summed E-state index contributed by atoms with van der Waals surface area (Å²) >= 11 is 2.07. The number of hydrogen-bond acceptors (Lipinski definition) is 1. The van der Waals surface area contributed by atoms with Crippen LogP contribution in [0.25, 0.3) is 0 Å². The predicted octanol–water partition coefficient (Wildman–Crippen LogP) is 4.20. The van der Waals surface area contributed by atoms with E-state index in [0.717, 1.165) is 11.2 Å². The van der Waals surface area contributed by atoms with Crippen LogP contribution >= 0.6 is 11.8 Å². The Morgan fingerprint density at radius 2 is 1.64 bits per heavy atom. The van der Waals surface area contributed by atoms with E-state index >= 15 is 0 Å². The standard InChI is InChI=1S/C9H20S.CH4/c1-8(2)6-5-7-10-9(3)4;/h8-9H,5-7H2,1-4H3;1H4. The van der Waals surface area contributed by atoms with E-state index in [2.05, 4.69) is 39.5 Å². The van der Waals surface area contributed by atoms with E-state index in [0.29, 0.717) is 0 Å². The molecule has 0 nitrogen and oxygen atoms in total. The monoisotopic (exact) mass is 176 g/mol. The van der Waals surface area contributed by atoms with Gasteiger partial charge in [0.25, 0.3) is 0 Å². The van der Waals surface area contributed by atoms with E-state index in [1.54, 1.807) is 0 Å². The molecule has 0 unspecified atom stereocenters. The van der Waals surface area contributed by atoms with Crippen LogP contribution < -0.4 is 0 Å².